The lowest BCUT2D eigenvalue weighted by Gasteiger charge is -2.27. The van der Waals surface area contributed by atoms with Crippen LogP contribution in [0.15, 0.2) is 17.0 Å². The molecular formula is C13H21N3O4S. The van der Waals surface area contributed by atoms with Gasteiger partial charge in [-0.1, -0.05) is 0 Å². The van der Waals surface area contributed by atoms with Crippen molar-refractivity contribution >= 4 is 21.4 Å². The number of hydrogen-bond donors (Lipinski definition) is 4. The van der Waals surface area contributed by atoms with Crippen LogP contribution in [-0.2, 0) is 14.8 Å². The number of nitrogens with one attached hydrogen (secondary N) is 1. The van der Waals surface area contributed by atoms with Gasteiger partial charge in [0.15, 0.2) is 0 Å². The first-order valence-corrected chi connectivity index (χ1v) is 8.19. The number of hydrogen-bond acceptors (Lipinski definition) is 6. The van der Waals surface area contributed by atoms with Crippen molar-refractivity contribution < 1.29 is 18.3 Å². The van der Waals surface area contributed by atoms with Crippen molar-refractivity contribution in [3.05, 3.63) is 17.7 Å². The summed E-state index contributed by atoms with van der Waals surface area (Å²) in [5.41, 5.74) is 6.03. The Hall–Kier alpha value is -1.35. The fraction of sp³-hybridized carbons (Fsp3) is 0.538. The summed E-state index contributed by atoms with van der Waals surface area (Å²) in [6.45, 7) is 4.18. The summed E-state index contributed by atoms with van der Waals surface area (Å²) in [5.74, 6) is 0. The van der Waals surface area contributed by atoms with Crippen LogP contribution in [0.5, 0.6) is 0 Å². The summed E-state index contributed by atoms with van der Waals surface area (Å²) in [6.07, 6.45) is 0.231. The van der Waals surface area contributed by atoms with E-state index in [4.69, 9.17) is 15.6 Å². The van der Waals surface area contributed by atoms with Crippen molar-refractivity contribution in [2.75, 3.05) is 24.2 Å². The summed E-state index contributed by atoms with van der Waals surface area (Å²) in [7, 11) is -3.85. The molecule has 0 saturated carbocycles. The molecule has 21 heavy (non-hydrogen) atoms. The van der Waals surface area contributed by atoms with Gasteiger partial charge in [0.25, 0.3) is 0 Å². The number of rotatable bonds is 4. The molecule has 118 valence electrons. The minimum Gasteiger partial charge on any atom is -0.399 e. The van der Waals surface area contributed by atoms with Crippen LogP contribution in [0.2, 0.25) is 0 Å². The maximum atomic E-state index is 11.6. The standard InChI is InChI=1S/C13H21N3O4S/c1-8-11(5-10(14)6-12(8)21(15,18)19)16-7-13(17)3-4-20-9(13)2/h5-6,9,16-17H,3-4,7,14H2,1-2H3,(H2,15,18,19). The largest absolute Gasteiger partial charge is 0.399 e. The van der Waals surface area contributed by atoms with Crippen LogP contribution >= 0.6 is 0 Å². The molecule has 0 bridgehead atoms. The van der Waals surface area contributed by atoms with Crippen molar-refractivity contribution in [1.29, 1.82) is 0 Å². The van der Waals surface area contributed by atoms with E-state index < -0.39 is 15.6 Å². The van der Waals surface area contributed by atoms with E-state index in [0.717, 1.165) is 0 Å². The third kappa shape index (κ3) is 3.29. The molecule has 0 aromatic heterocycles. The monoisotopic (exact) mass is 315 g/mol. The predicted molar refractivity (Wildman–Crippen MR) is 80.4 cm³/mol. The van der Waals surface area contributed by atoms with E-state index in [2.05, 4.69) is 5.32 Å². The molecule has 2 unspecified atom stereocenters. The zero-order valence-corrected chi connectivity index (χ0v) is 12.9. The Morgan fingerprint density at radius 1 is 1.52 bits per heavy atom. The third-order valence-corrected chi connectivity index (χ3v) is 4.97. The number of nitrogens with two attached hydrogens (primary N) is 2. The second kappa shape index (κ2) is 5.45. The number of anilines is 2. The number of primary sulfonamides is 1. The number of aliphatic hydroxyl groups is 1. The van der Waals surface area contributed by atoms with Gasteiger partial charge >= 0.3 is 0 Å². The number of nitrogen functional groups attached to an aromatic ring is 1. The Morgan fingerprint density at radius 2 is 2.19 bits per heavy atom. The van der Waals surface area contributed by atoms with E-state index in [1.54, 1.807) is 19.9 Å². The zero-order chi connectivity index (χ0) is 15.8. The molecule has 1 fully saturated rings. The lowest BCUT2D eigenvalue weighted by molar-refractivity contribution is -0.0176. The highest BCUT2D eigenvalue weighted by Crippen LogP contribution is 2.29. The van der Waals surface area contributed by atoms with Crippen LogP contribution in [-0.4, -0.2) is 38.4 Å². The minimum absolute atomic E-state index is 0.0206. The topological polar surface area (TPSA) is 128 Å². The lowest BCUT2D eigenvalue weighted by Crippen LogP contribution is -2.43. The van der Waals surface area contributed by atoms with Crippen molar-refractivity contribution in [2.24, 2.45) is 5.14 Å². The van der Waals surface area contributed by atoms with Gasteiger partial charge in [0, 0.05) is 30.9 Å². The third-order valence-electron chi connectivity index (χ3n) is 3.93. The van der Waals surface area contributed by atoms with Crippen LogP contribution in [0.3, 0.4) is 0 Å². The summed E-state index contributed by atoms with van der Waals surface area (Å²) in [5, 5.41) is 18.7. The first-order valence-electron chi connectivity index (χ1n) is 6.64. The van der Waals surface area contributed by atoms with E-state index in [1.807, 2.05) is 0 Å². The van der Waals surface area contributed by atoms with E-state index in [-0.39, 0.29) is 23.2 Å². The molecule has 1 aliphatic heterocycles. The predicted octanol–water partition coefficient (Wildman–Crippen LogP) is 0.176. The number of ether oxygens (including phenoxy) is 1. The second-order valence-corrected chi connectivity index (χ2v) is 6.99. The number of sulfonamides is 1. The van der Waals surface area contributed by atoms with Gasteiger partial charge < -0.3 is 20.9 Å². The van der Waals surface area contributed by atoms with Crippen LogP contribution in [0.25, 0.3) is 0 Å². The molecule has 1 saturated heterocycles. The Bertz CT molecular complexity index is 647. The van der Waals surface area contributed by atoms with Crippen LogP contribution in [0, 0.1) is 6.92 Å². The molecule has 0 amide bonds. The Morgan fingerprint density at radius 3 is 2.71 bits per heavy atom. The molecule has 1 aromatic rings. The van der Waals surface area contributed by atoms with Gasteiger partial charge in [-0.3, -0.25) is 0 Å². The summed E-state index contributed by atoms with van der Waals surface area (Å²) >= 11 is 0. The second-order valence-electron chi connectivity index (χ2n) is 5.46. The normalized spacial score (nSPS) is 26.0. The first kappa shape index (κ1) is 16.0. The summed E-state index contributed by atoms with van der Waals surface area (Å²) < 4.78 is 28.5. The average molecular weight is 315 g/mol. The molecule has 0 aliphatic carbocycles. The zero-order valence-electron chi connectivity index (χ0n) is 12.1. The van der Waals surface area contributed by atoms with Crippen LogP contribution in [0.4, 0.5) is 11.4 Å². The van der Waals surface area contributed by atoms with Crippen LogP contribution < -0.4 is 16.2 Å². The maximum absolute atomic E-state index is 11.6. The Balaban J connectivity index is 2.27. The van der Waals surface area contributed by atoms with Crippen LogP contribution in [0.1, 0.15) is 18.9 Å². The van der Waals surface area contributed by atoms with E-state index >= 15 is 0 Å². The molecule has 6 N–H and O–H groups in total. The molecular weight excluding hydrogens is 294 g/mol. The highest BCUT2D eigenvalue weighted by Gasteiger charge is 2.39. The van der Waals surface area contributed by atoms with Crippen molar-refractivity contribution in [3.8, 4) is 0 Å². The molecule has 0 radical (unpaired) electrons. The fourth-order valence-electron chi connectivity index (χ4n) is 2.44. The number of benzene rings is 1. The molecule has 1 aliphatic rings. The van der Waals surface area contributed by atoms with Gasteiger partial charge in [0.2, 0.25) is 10.0 Å². The lowest BCUT2D eigenvalue weighted by atomic mass is 9.96. The quantitative estimate of drug-likeness (QED) is 0.587. The van der Waals surface area contributed by atoms with E-state index in [1.165, 1.54) is 6.07 Å². The SMILES string of the molecule is Cc1c(NCC2(O)CCOC2C)cc(N)cc1S(N)(=O)=O. The van der Waals surface area contributed by atoms with Gasteiger partial charge in [-0.15, -0.1) is 0 Å². The van der Waals surface area contributed by atoms with E-state index in [9.17, 15) is 13.5 Å². The molecule has 2 rings (SSSR count). The molecule has 1 heterocycles. The van der Waals surface area contributed by atoms with Crippen molar-refractivity contribution in [1.82, 2.24) is 0 Å². The fourth-order valence-corrected chi connectivity index (χ4v) is 3.28. The van der Waals surface area contributed by atoms with Crippen molar-refractivity contribution in [3.63, 3.8) is 0 Å². The Labute approximate surface area is 124 Å². The van der Waals surface area contributed by atoms with Gasteiger partial charge in [0.05, 0.1) is 11.0 Å². The summed E-state index contributed by atoms with van der Waals surface area (Å²) in [6, 6.07) is 2.94. The molecule has 7 nitrogen and oxygen atoms in total. The smallest absolute Gasteiger partial charge is 0.238 e. The molecule has 0 spiro atoms. The van der Waals surface area contributed by atoms with Gasteiger partial charge in [0.1, 0.15) is 5.60 Å². The minimum atomic E-state index is -3.85. The van der Waals surface area contributed by atoms with Gasteiger partial charge in [-0.25, -0.2) is 13.6 Å². The highest BCUT2D eigenvalue weighted by atomic mass is 32.2. The highest BCUT2D eigenvalue weighted by molar-refractivity contribution is 7.89. The maximum Gasteiger partial charge on any atom is 0.238 e. The van der Waals surface area contributed by atoms with Gasteiger partial charge in [-0.2, -0.15) is 0 Å². The molecule has 1 aromatic carbocycles. The first-order chi connectivity index (χ1) is 9.63. The molecule has 8 heteroatoms. The van der Waals surface area contributed by atoms with Gasteiger partial charge in [-0.05, 0) is 31.5 Å². The van der Waals surface area contributed by atoms with Crippen molar-refractivity contribution in [2.45, 2.75) is 36.9 Å². The average Bonchev–Trinajstić information content (AvgIpc) is 2.69. The summed E-state index contributed by atoms with van der Waals surface area (Å²) in [4.78, 5) is -0.0206. The molecule has 2 atom stereocenters. The Kier molecular flexibility index (Phi) is 4.16. The van der Waals surface area contributed by atoms with E-state index in [0.29, 0.717) is 24.3 Å².